The molecule has 0 aromatic heterocycles. The van der Waals surface area contributed by atoms with Crippen LogP contribution in [0.15, 0.2) is 48.5 Å². The average Bonchev–Trinajstić information content (AvgIpc) is 2.59. The molecular formula is C19H22N2O2. The number of anilines is 1. The van der Waals surface area contributed by atoms with Gasteiger partial charge in [0.1, 0.15) is 12.4 Å². The van der Waals surface area contributed by atoms with Crippen LogP contribution in [0.5, 0.6) is 5.75 Å². The van der Waals surface area contributed by atoms with E-state index in [1.165, 1.54) is 30.4 Å². The average molecular weight is 310 g/mol. The maximum absolute atomic E-state index is 11.7. The van der Waals surface area contributed by atoms with E-state index in [-0.39, 0.29) is 6.03 Å². The maximum Gasteiger partial charge on any atom is 0.319 e. The lowest BCUT2D eigenvalue weighted by Crippen LogP contribution is -2.32. The number of carbonyl (C=O) groups excluding carboxylic acids is 1. The van der Waals surface area contributed by atoms with Crippen LogP contribution in [0.1, 0.15) is 24.0 Å². The number of para-hydroxylation sites is 1. The van der Waals surface area contributed by atoms with E-state index >= 15 is 0 Å². The number of fused-ring (bicyclic) bond motifs is 1. The largest absolute Gasteiger partial charge is 0.492 e. The van der Waals surface area contributed by atoms with Gasteiger partial charge in [-0.2, -0.15) is 0 Å². The molecule has 1 aliphatic rings. The van der Waals surface area contributed by atoms with Gasteiger partial charge in [0, 0.05) is 5.69 Å². The van der Waals surface area contributed by atoms with E-state index in [9.17, 15) is 4.79 Å². The Bertz CT molecular complexity index is 656. The number of carbonyl (C=O) groups is 1. The Balaban J connectivity index is 1.40. The fourth-order valence-corrected chi connectivity index (χ4v) is 2.83. The van der Waals surface area contributed by atoms with Gasteiger partial charge in [-0.15, -0.1) is 0 Å². The topological polar surface area (TPSA) is 50.4 Å². The van der Waals surface area contributed by atoms with Crippen LogP contribution >= 0.6 is 0 Å². The highest BCUT2D eigenvalue weighted by Gasteiger charge is 2.09. The van der Waals surface area contributed by atoms with Crippen LogP contribution in [0.3, 0.4) is 0 Å². The molecular weight excluding hydrogens is 288 g/mol. The summed E-state index contributed by atoms with van der Waals surface area (Å²) in [5.74, 6) is 0.885. The third-order valence-corrected chi connectivity index (χ3v) is 4.01. The minimum Gasteiger partial charge on any atom is -0.492 e. The normalized spacial score (nSPS) is 13.0. The highest BCUT2D eigenvalue weighted by Crippen LogP contribution is 2.25. The standard InChI is InChI=1S/C19H22N2O2/c22-19(21-17-8-2-1-3-9-17)20-12-13-23-18-11-10-15-6-4-5-7-16(15)14-18/h1-3,8-11,14H,4-7,12-13H2,(H2,20,21,22). The highest BCUT2D eigenvalue weighted by atomic mass is 16.5. The van der Waals surface area contributed by atoms with Crippen molar-refractivity contribution in [3.63, 3.8) is 0 Å². The van der Waals surface area contributed by atoms with E-state index in [1.54, 1.807) is 0 Å². The number of aryl methyl sites for hydroxylation is 2. The maximum atomic E-state index is 11.7. The van der Waals surface area contributed by atoms with E-state index in [0.717, 1.165) is 17.9 Å². The Kier molecular flexibility index (Phi) is 5.14. The molecule has 1 aliphatic carbocycles. The van der Waals surface area contributed by atoms with Crippen molar-refractivity contribution >= 4 is 11.7 Å². The zero-order valence-corrected chi connectivity index (χ0v) is 13.2. The smallest absolute Gasteiger partial charge is 0.319 e. The Morgan fingerprint density at radius 1 is 1.00 bits per heavy atom. The SMILES string of the molecule is O=C(NCCOc1ccc2c(c1)CCCC2)Nc1ccccc1. The molecule has 120 valence electrons. The molecule has 4 nitrogen and oxygen atoms in total. The summed E-state index contributed by atoms with van der Waals surface area (Å²) in [5, 5.41) is 5.56. The number of rotatable bonds is 5. The summed E-state index contributed by atoms with van der Waals surface area (Å²) in [7, 11) is 0. The van der Waals surface area contributed by atoms with Gasteiger partial charge in [0.2, 0.25) is 0 Å². The highest BCUT2D eigenvalue weighted by molar-refractivity contribution is 5.89. The minimum absolute atomic E-state index is 0.217. The lowest BCUT2D eigenvalue weighted by atomic mass is 9.92. The van der Waals surface area contributed by atoms with Gasteiger partial charge in [0.15, 0.2) is 0 Å². The molecule has 0 spiro atoms. The first-order valence-corrected chi connectivity index (χ1v) is 8.16. The summed E-state index contributed by atoms with van der Waals surface area (Å²) in [6, 6.07) is 15.5. The van der Waals surface area contributed by atoms with Gasteiger partial charge in [0.05, 0.1) is 6.54 Å². The molecule has 0 saturated heterocycles. The molecule has 0 bridgehead atoms. The molecule has 0 aliphatic heterocycles. The molecule has 0 radical (unpaired) electrons. The predicted molar refractivity (Wildman–Crippen MR) is 92.0 cm³/mol. The number of amides is 2. The van der Waals surface area contributed by atoms with Gasteiger partial charge in [0.25, 0.3) is 0 Å². The second-order valence-electron chi connectivity index (χ2n) is 5.73. The van der Waals surface area contributed by atoms with Crippen molar-refractivity contribution in [1.82, 2.24) is 5.32 Å². The molecule has 2 aromatic rings. The van der Waals surface area contributed by atoms with Gasteiger partial charge in [-0.3, -0.25) is 0 Å². The molecule has 0 heterocycles. The molecule has 0 saturated carbocycles. The lowest BCUT2D eigenvalue weighted by Gasteiger charge is -2.17. The Labute approximate surface area is 136 Å². The number of hydrogen-bond acceptors (Lipinski definition) is 2. The van der Waals surface area contributed by atoms with Crippen LogP contribution in [-0.4, -0.2) is 19.2 Å². The molecule has 0 fully saturated rings. The number of nitrogens with one attached hydrogen (secondary N) is 2. The van der Waals surface area contributed by atoms with Crippen LogP contribution in [-0.2, 0) is 12.8 Å². The van der Waals surface area contributed by atoms with E-state index in [0.29, 0.717) is 13.2 Å². The summed E-state index contributed by atoms with van der Waals surface area (Å²) in [5.41, 5.74) is 3.63. The van der Waals surface area contributed by atoms with E-state index in [2.05, 4.69) is 22.8 Å². The lowest BCUT2D eigenvalue weighted by molar-refractivity contribution is 0.247. The molecule has 4 heteroatoms. The second-order valence-corrected chi connectivity index (χ2v) is 5.73. The summed E-state index contributed by atoms with van der Waals surface area (Å²) in [6.45, 7) is 0.927. The quantitative estimate of drug-likeness (QED) is 0.826. The predicted octanol–water partition coefficient (Wildman–Crippen LogP) is 3.77. The summed E-state index contributed by atoms with van der Waals surface area (Å²) < 4.78 is 5.73. The van der Waals surface area contributed by atoms with Crippen LogP contribution in [0.25, 0.3) is 0 Å². The van der Waals surface area contributed by atoms with Crippen LogP contribution in [0.2, 0.25) is 0 Å². The summed E-state index contributed by atoms with van der Waals surface area (Å²) in [6.07, 6.45) is 4.87. The van der Waals surface area contributed by atoms with Gasteiger partial charge in [-0.25, -0.2) is 4.79 Å². The Morgan fingerprint density at radius 2 is 1.78 bits per heavy atom. The van der Waals surface area contributed by atoms with Crippen molar-refractivity contribution in [2.24, 2.45) is 0 Å². The molecule has 2 aromatic carbocycles. The first kappa shape index (κ1) is 15.4. The summed E-state index contributed by atoms with van der Waals surface area (Å²) >= 11 is 0. The molecule has 2 amide bonds. The fourth-order valence-electron chi connectivity index (χ4n) is 2.83. The van der Waals surface area contributed by atoms with Gasteiger partial charge >= 0.3 is 6.03 Å². The Morgan fingerprint density at radius 3 is 2.61 bits per heavy atom. The number of hydrogen-bond donors (Lipinski definition) is 2. The fraction of sp³-hybridized carbons (Fsp3) is 0.316. The third kappa shape index (κ3) is 4.49. The zero-order valence-electron chi connectivity index (χ0n) is 13.2. The third-order valence-electron chi connectivity index (χ3n) is 4.01. The van der Waals surface area contributed by atoms with Crippen molar-refractivity contribution < 1.29 is 9.53 Å². The van der Waals surface area contributed by atoms with E-state index in [4.69, 9.17) is 4.74 Å². The van der Waals surface area contributed by atoms with Crippen molar-refractivity contribution in [1.29, 1.82) is 0 Å². The van der Waals surface area contributed by atoms with Gasteiger partial charge < -0.3 is 15.4 Å². The number of benzene rings is 2. The van der Waals surface area contributed by atoms with Gasteiger partial charge in [-0.1, -0.05) is 24.3 Å². The molecule has 3 rings (SSSR count). The summed E-state index contributed by atoms with van der Waals surface area (Å²) in [4.78, 5) is 11.7. The molecule has 2 N–H and O–H groups in total. The number of ether oxygens (including phenoxy) is 1. The zero-order chi connectivity index (χ0) is 15.9. The van der Waals surface area contributed by atoms with Crippen molar-refractivity contribution in [3.05, 3.63) is 59.7 Å². The molecule has 0 atom stereocenters. The molecule has 0 unspecified atom stereocenters. The first-order chi connectivity index (χ1) is 11.3. The first-order valence-electron chi connectivity index (χ1n) is 8.16. The molecule has 23 heavy (non-hydrogen) atoms. The van der Waals surface area contributed by atoms with E-state index < -0.39 is 0 Å². The monoisotopic (exact) mass is 310 g/mol. The minimum atomic E-state index is -0.217. The van der Waals surface area contributed by atoms with Crippen molar-refractivity contribution in [2.75, 3.05) is 18.5 Å². The van der Waals surface area contributed by atoms with Crippen LogP contribution < -0.4 is 15.4 Å². The second kappa shape index (κ2) is 7.68. The van der Waals surface area contributed by atoms with Crippen molar-refractivity contribution in [3.8, 4) is 5.75 Å². The van der Waals surface area contributed by atoms with E-state index in [1.807, 2.05) is 36.4 Å². The van der Waals surface area contributed by atoms with Crippen molar-refractivity contribution in [2.45, 2.75) is 25.7 Å². The van der Waals surface area contributed by atoms with Crippen LogP contribution in [0.4, 0.5) is 10.5 Å². The van der Waals surface area contributed by atoms with Gasteiger partial charge in [-0.05, 0) is 61.1 Å². The van der Waals surface area contributed by atoms with Crippen LogP contribution in [0, 0.1) is 0 Å². The Hall–Kier alpha value is -2.49. The number of urea groups is 1.